The van der Waals surface area contributed by atoms with E-state index in [0.29, 0.717) is 6.42 Å². The predicted octanol–water partition coefficient (Wildman–Crippen LogP) is -0.878. The first-order valence-electron chi connectivity index (χ1n) is 8.92. The fraction of sp³-hybridized carbons (Fsp3) is 0.421. The van der Waals surface area contributed by atoms with Gasteiger partial charge in [-0.3, -0.25) is 19.2 Å². The first kappa shape index (κ1) is 20.9. The van der Waals surface area contributed by atoms with E-state index < -0.39 is 41.8 Å². The van der Waals surface area contributed by atoms with E-state index in [2.05, 4.69) is 16.0 Å². The molecule has 0 saturated carbocycles. The van der Waals surface area contributed by atoms with Crippen LogP contribution in [0.15, 0.2) is 30.3 Å². The maximum atomic E-state index is 12.3. The van der Waals surface area contributed by atoms with E-state index in [9.17, 15) is 19.2 Å². The molecule has 1 aromatic rings. The molecule has 9 nitrogen and oxygen atoms in total. The van der Waals surface area contributed by atoms with E-state index in [1.54, 1.807) is 6.92 Å². The molecular formula is C19H23N5O4. The van der Waals surface area contributed by atoms with E-state index in [1.165, 1.54) is 0 Å². The zero-order valence-corrected chi connectivity index (χ0v) is 15.5. The van der Waals surface area contributed by atoms with Crippen LogP contribution in [0.5, 0.6) is 0 Å². The number of hydrogen-bond donors (Lipinski definition) is 4. The van der Waals surface area contributed by atoms with Crippen molar-refractivity contribution in [2.45, 2.75) is 44.3 Å². The number of carbonyl (C=O) groups is 4. The van der Waals surface area contributed by atoms with E-state index in [0.717, 1.165) is 5.56 Å². The van der Waals surface area contributed by atoms with Gasteiger partial charge < -0.3 is 21.7 Å². The van der Waals surface area contributed by atoms with Gasteiger partial charge in [0.1, 0.15) is 18.1 Å². The smallest absolute Gasteiger partial charge is 0.243 e. The van der Waals surface area contributed by atoms with Crippen molar-refractivity contribution in [1.82, 2.24) is 16.0 Å². The summed E-state index contributed by atoms with van der Waals surface area (Å²) in [5.74, 6) is -2.72. The Balaban J connectivity index is 1.93. The highest BCUT2D eigenvalue weighted by molar-refractivity contribution is 5.99. The SMILES string of the molecule is C[C@H](CC#N)[C@H](NC(=O)C[C@@H]1NC(=O)[C@H](Cc2ccccc2)NC1=O)C(N)=O. The first-order valence-corrected chi connectivity index (χ1v) is 8.92. The minimum Gasteiger partial charge on any atom is -0.368 e. The second-order valence-corrected chi connectivity index (χ2v) is 6.80. The van der Waals surface area contributed by atoms with Crippen LogP contribution in [0, 0.1) is 17.2 Å². The molecule has 4 amide bonds. The minimum atomic E-state index is -1.04. The van der Waals surface area contributed by atoms with Crippen LogP contribution in [0.4, 0.5) is 0 Å². The highest BCUT2D eigenvalue weighted by atomic mass is 16.2. The average Bonchev–Trinajstić information content (AvgIpc) is 2.64. The molecule has 1 aliphatic heterocycles. The molecule has 4 atom stereocenters. The summed E-state index contributed by atoms with van der Waals surface area (Å²) < 4.78 is 0. The standard InChI is InChI=1S/C19H23N5O4/c1-11(7-8-20)16(17(21)26)24-15(25)10-14-19(28)22-13(18(27)23-14)9-12-5-3-2-4-6-12/h2-6,11,13-14,16H,7,9-10H2,1H3,(H2,21,26)(H,22,28)(H,23,27)(H,24,25)/t11-,13+,14+,16+/m1/s1. The van der Waals surface area contributed by atoms with Crippen LogP contribution in [-0.4, -0.2) is 41.8 Å². The molecule has 0 bridgehead atoms. The highest BCUT2D eigenvalue weighted by Crippen LogP contribution is 2.10. The Morgan fingerprint density at radius 1 is 1.18 bits per heavy atom. The minimum absolute atomic E-state index is 0.0374. The van der Waals surface area contributed by atoms with Crippen molar-refractivity contribution < 1.29 is 19.2 Å². The van der Waals surface area contributed by atoms with Crippen LogP contribution in [0.2, 0.25) is 0 Å². The summed E-state index contributed by atoms with van der Waals surface area (Å²) in [4.78, 5) is 48.3. The lowest BCUT2D eigenvalue weighted by atomic mass is 9.97. The molecule has 2 rings (SSSR count). The van der Waals surface area contributed by atoms with Crippen LogP contribution in [0.3, 0.4) is 0 Å². The Kier molecular flexibility index (Phi) is 7.09. The number of hydrogen-bond acceptors (Lipinski definition) is 5. The average molecular weight is 385 g/mol. The van der Waals surface area contributed by atoms with Crippen molar-refractivity contribution in [2.24, 2.45) is 11.7 Å². The quantitative estimate of drug-likeness (QED) is 0.458. The maximum Gasteiger partial charge on any atom is 0.243 e. The van der Waals surface area contributed by atoms with Gasteiger partial charge in [-0.1, -0.05) is 37.3 Å². The van der Waals surface area contributed by atoms with Crippen LogP contribution >= 0.6 is 0 Å². The van der Waals surface area contributed by atoms with E-state index in [-0.39, 0.29) is 18.7 Å². The number of nitriles is 1. The second-order valence-electron chi connectivity index (χ2n) is 6.80. The van der Waals surface area contributed by atoms with Gasteiger partial charge in [0.2, 0.25) is 23.6 Å². The predicted molar refractivity (Wildman–Crippen MR) is 99.1 cm³/mol. The third kappa shape index (κ3) is 5.54. The maximum absolute atomic E-state index is 12.3. The molecule has 5 N–H and O–H groups in total. The topological polar surface area (TPSA) is 154 Å². The summed E-state index contributed by atoms with van der Waals surface area (Å²) in [6.45, 7) is 1.61. The van der Waals surface area contributed by atoms with Gasteiger partial charge in [0, 0.05) is 12.8 Å². The Hall–Kier alpha value is -3.41. The van der Waals surface area contributed by atoms with Crippen molar-refractivity contribution in [2.75, 3.05) is 0 Å². The molecule has 9 heteroatoms. The van der Waals surface area contributed by atoms with Crippen LogP contribution in [0.25, 0.3) is 0 Å². The van der Waals surface area contributed by atoms with Crippen molar-refractivity contribution in [1.29, 1.82) is 5.26 Å². The fourth-order valence-electron chi connectivity index (χ4n) is 2.99. The molecule has 0 radical (unpaired) electrons. The summed E-state index contributed by atoms with van der Waals surface area (Å²) in [6.07, 6.45) is 0.0428. The van der Waals surface area contributed by atoms with E-state index in [4.69, 9.17) is 11.0 Å². The third-order valence-electron chi connectivity index (χ3n) is 4.54. The van der Waals surface area contributed by atoms with Crippen LogP contribution < -0.4 is 21.7 Å². The van der Waals surface area contributed by atoms with Gasteiger partial charge in [-0.05, 0) is 11.5 Å². The highest BCUT2D eigenvalue weighted by Gasteiger charge is 2.35. The van der Waals surface area contributed by atoms with Gasteiger partial charge in [0.05, 0.1) is 12.5 Å². The van der Waals surface area contributed by atoms with Crippen LogP contribution in [0.1, 0.15) is 25.3 Å². The van der Waals surface area contributed by atoms with Crippen molar-refractivity contribution in [3.8, 4) is 6.07 Å². The molecule has 28 heavy (non-hydrogen) atoms. The van der Waals surface area contributed by atoms with Gasteiger partial charge in [0.25, 0.3) is 0 Å². The molecule has 0 aromatic heterocycles. The fourth-order valence-corrected chi connectivity index (χ4v) is 2.99. The van der Waals surface area contributed by atoms with Crippen molar-refractivity contribution in [3.63, 3.8) is 0 Å². The van der Waals surface area contributed by atoms with Gasteiger partial charge >= 0.3 is 0 Å². The number of piperazine rings is 1. The Morgan fingerprint density at radius 2 is 1.79 bits per heavy atom. The molecule has 1 fully saturated rings. The number of benzene rings is 1. The summed E-state index contributed by atoms with van der Waals surface area (Å²) in [6, 6.07) is 8.37. The van der Waals surface area contributed by atoms with Gasteiger partial charge in [-0.25, -0.2) is 0 Å². The summed E-state index contributed by atoms with van der Waals surface area (Å²) >= 11 is 0. The number of nitrogens with two attached hydrogens (primary N) is 1. The second kappa shape index (κ2) is 9.50. The zero-order chi connectivity index (χ0) is 20.7. The van der Waals surface area contributed by atoms with Gasteiger partial charge in [-0.2, -0.15) is 5.26 Å². The monoisotopic (exact) mass is 385 g/mol. The molecule has 1 aliphatic rings. The zero-order valence-electron chi connectivity index (χ0n) is 15.5. The lowest BCUT2D eigenvalue weighted by Gasteiger charge is -2.30. The largest absolute Gasteiger partial charge is 0.368 e. The molecule has 1 saturated heterocycles. The Bertz CT molecular complexity index is 789. The number of nitrogens with zero attached hydrogens (tertiary/aromatic N) is 1. The third-order valence-corrected chi connectivity index (χ3v) is 4.54. The summed E-state index contributed by atoms with van der Waals surface area (Å²) in [5.41, 5.74) is 6.18. The van der Waals surface area contributed by atoms with Gasteiger partial charge in [-0.15, -0.1) is 0 Å². The molecule has 0 spiro atoms. The van der Waals surface area contributed by atoms with E-state index in [1.807, 2.05) is 36.4 Å². The lowest BCUT2D eigenvalue weighted by molar-refractivity contribution is -0.138. The van der Waals surface area contributed by atoms with Gasteiger partial charge in [0.15, 0.2) is 0 Å². The molecule has 1 aromatic carbocycles. The van der Waals surface area contributed by atoms with E-state index >= 15 is 0 Å². The number of nitrogens with one attached hydrogen (secondary N) is 3. The molecule has 0 aliphatic carbocycles. The molecular weight excluding hydrogens is 362 g/mol. The molecule has 1 heterocycles. The Morgan fingerprint density at radius 3 is 2.39 bits per heavy atom. The lowest BCUT2D eigenvalue weighted by Crippen LogP contribution is -2.63. The first-order chi connectivity index (χ1) is 13.3. The number of primary amides is 1. The normalized spacial score (nSPS) is 20.9. The number of carbonyl (C=O) groups excluding carboxylic acids is 4. The number of amides is 4. The van der Waals surface area contributed by atoms with Crippen LogP contribution in [-0.2, 0) is 25.6 Å². The Labute approximate surface area is 162 Å². The molecule has 0 unspecified atom stereocenters. The summed E-state index contributed by atoms with van der Waals surface area (Å²) in [5, 5.41) is 16.3. The van der Waals surface area contributed by atoms with Crippen molar-refractivity contribution in [3.05, 3.63) is 35.9 Å². The number of rotatable bonds is 8. The van der Waals surface area contributed by atoms with Crippen molar-refractivity contribution >= 4 is 23.6 Å². The summed E-state index contributed by atoms with van der Waals surface area (Å²) in [7, 11) is 0. The molecule has 148 valence electrons.